The monoisotopic (exact) mass is 363 g/mol. The van der Waals surface area contributed by atoms with E-state index >= 15 is 0 Å². The number of hydrogen-bond donors (Lipinski definition) is 2. The van der Waals surface area contributed by atoms with Gasteiger partial charge in [-0.05, 0) is 34.1 Å². The number of hydrogen-bond acceptors (Lipinski definition) is 4. The minimum Gasteiger partial charge on any atom is -0.495 e. The van der Waals surface area contributed by atoms with Crippen molar-refractivity contribution in [3.63, 3.8) is 0 Å². The Morgan fingerprint density at radius 2 is 2.14 bits per heavy atom. The molecule has 1 aromatic carbocycles. The summed E-state index contributed by atoms with van der Waals surface area (Å²) in [7, 11) is 1.52. The summed E-state index contributed by atoms with van der Waals surface area (Å²) in [5.74, 6) is 0.253. The van der Waals surface area contributed by atoms with Crippen LogP contribution in [0.15, 0.2) is 28.9 Å². The molecule has 0 saturated carbocycles. The smallest absolute Gasteiger partial charge is 0.284 e. The molecule has 0 atom stereocenters. The molecule has 2 heterocycles. The van der Waals surface area contributed by atoms with E-state index in [9.17, 15) is 14.9 Å². The highest BCUT2D eigenvalue weighted by atomic mass is 79.9. The fraction of sp³-hybridized carbons (Fsp3) is 0.0714. The van der Waals surface area contributed by atoms with Crippen molar-refractivity contribution in [3.05, 3.63) is 50.2 Å². The zero-order valence-electron chi connectivity index (χ0n) is 11.3. The summed E-state index contributed by atoms with van der Waals surface area (Å²) in [6.07, 6.45) is 3.29. The Morgan fingerprint density at radius 1 is 1.36 bits per heavy atom. The van der Waals surface area contributed by atoms with Gasteiger partial charge in [0.15, 0.2) is 0 Å². The quantitative estimate of drug-likeness (QED) is 0.497. The topological polar surface area (TPSA) is 97.3 Å². The molecule has 1 aliphatic heterocycles. The van der Waals surface area contributed by atoms with E-state index in [1.807, 2.05) is 0 Å². The number of nitrogens with zero attached hydrogens (tertiary/aromatic N) is 1. The van der Waals surface area contributed by atoms with E-state index in [0.29, 0.717) is 28.3 Å². The summed E-state index contributed by atoms with van der Waals surface area (Å²) < 4.78 is 5.45. The van der Waals surface area contributed by atoms with Crippen LogP contribution in [0.25, 0.3) is 11.6 Å². The number of fused-ring (bicyclic) bond motifs is 1. The fourth-order valence-electron chi connectivity index (χ4n) is 2.32. The van der Waals surface area contributed by atoms with Gasteiger partial charge in [-0.2, -0.15) is 0 Å². The molecule has 22 heavy (non-hydrogen) atoms. The van der Waals surface area contributed by atoms with Gasteiger partial charge >= 0.3 is 0 Å². The van der Waals surface area contributed by atoms with Gasteiger partial charge in [-0.1, -0.05) is 0 Å². The van der Waals surface area contributed by atoms with Gasteiger partial charge in [0, 0.05) is 17.8 Å². The van der Waals surface area contributed by atoms with E-state index in [1.165, 1.54) is 19.2 Å². The van der Waals surface area contributed by atoms with Crippen LogP contribution in [0.2, 0.25) is 0 Å². The predicted octanol–water partition coefficient (Wildman–Crippen LogP) is 3.19. The van der Waals surface area contributed by atoms with Crippen LogP contribution in [0.3, 0.4) is 0 Å². The molecule has 2 aromatic rings. The number of aromatic nitrogens is 1. The SMILES string of the molecule is COc1cc[nH]c1/C=C1\C(=O)Nc2ccc([N+](=O)[O-])c(Br)c21. The van der Waals surface area contributed by atoms with Gasteiger partial charge in [0.1, 0.15) is 10.2 Å². The van der Waals surface area contributed by atoms with Gasteiger partial charge in [-0.15, -0.1) is 0 Å². The minimum atomic E-state index is -0.500. The van der Waals surface area contributed by atoms with Crippen molar-refractivity contribution in [2.75, 3.05) is 12.4 Å². The van der Waals surface area contributed by atoms with Crippen LogP contribution in [0.5, 0.6) is 5.75 Å². The van der Waals surface area contributed by atoms with Gasteiger partial charge in [-0.3, -0.25) is 14.9 Å². The molecule has 0 unspecified atom stereocenters. The number of amides is 1. The second-order valence-corrected chi connectivity index (χ2v) is 5.34. The Kier molecular flexibility index (Phi) is 3.45. The number of anilines is 1. The highest BCUT2D eigenvalue weighted by Gasteiger charge is 2.31. The number of carbonyl (C=O) groups is 1. The van der Waals surface area contributed by atoms with Crippen molar-refractivity contribution in [1.29, 1.82) is 0 Å². The number of benzene rings is 1. The van der Waals surface area contributed by atoms with E-state index < -0.39 is 4.92 Å². The highest BCUT2D eigenvalue weighted by Crippen LogP contribution is 2.43. The molecule has 0 aliphatic carbocycles. The zero-order valence-corrected chi connectivity index (χ0v) is 12.9. The summed E-state index contributed by atoms with van der Waals surface area (Å²) in [6.45, 7) is 0. The normalized spacial score (nSPS) is 14.8. The van der Waals surface area contributed by atoms with Gasteiger partial charge in [0.05, 0.1) is 29.0 Å². The number of methoxy groups -OCH3 is 1. The minimum absolute atomic E-state index is 0.0976. The average molecular weight is 364 g/mol. The van der Waals surface area contributed by atoms with E-state index in [2.05, 4.69) is 26.2 Å². The molecule has 112 valence electrons. The van der Waals surface area contributed by atoms with Crippen LogP contribution in [-0.4, -0.2) is 22.9 Å². The molecular formula is C14H10BrN3O4. The number of nitrogens with one attached hydrogen (secondary N) is 2. The lowest BCUT2D eigenvalue weighted by atomic mass is 10.1. The molecule has 1 amide bonds. The van der Waals surface area contributed by atoms with E-state index in [4.69, 9.17) is 4.74 Å². The lowest BCUT2D eigenvalue weighted by Crippen LogP contribution is -2.03. The Balaban J connectivity index is 2.19. The summed E-state index contributed by atoms with van der Waals surface area (Å²) in [5.41, 5.74) is 1.83. The van der Waals surface area contributed by atoms with Crippen molar-refractivity contribution >= 4 is 44.9 Å². The lowest BCUT2D eigenvalue weighted by Gasteiger charge is -2.03. The Hall–Kier alpha value is -2.61. The van der Waals surface area contributed by atoms with Gasteiger partial charge < -0.3 is 15.0 Å². The van der Waals surface area contributed by atoms with Crippen molar-refractivity contribution in [2.45, 2.75) is 0 Å². The zero-order chi connectivity index (χ0) is 15.9. The van der Waals surface area contributed by atoms with Crippen molar-refractivity contribution in [1.82, 2.24) is 4.98 Å². The third-order valence-electron chi connectivity index (χ3n) is 3.33. The second kappa shape index (κ2) is 5.30. The number of halogens is 1. The van der Waals surface area contributed by atoms with Crippen LogP contribution in [0.1, 0.15) is 11.3 Å². The molecule has 2 N–H and O–H groups in total. The molecule has 0 fully saturated rings. The van der Waals surface area contributed by atoms with Crippen LogP contribution < -0.4 is 10.1 Å². The number of ether oxygens (including phenoxy) is 1. The van der Waals surface area contributed by atoms with Gasteiger partial charge in [-0.25, -0.2) is 0 Å². The Labute approximate surface area is 133 Å². The first-order valence-corrected chi connectivity index (χ1v) is 7.04. The van der Waals surface area contributed by atoms with Crippen LogP contribution in [0.4, 0.5) is 11.4 Å². The third kappa shape index (κ3) is 2.17. The molecule has 3 rings (SSSR count). The van der Waals surface area contributed by atoms with Crippen LogP contribution in [-0.2, 0) is 4.79 Å². The number of H-pyrrole nitrogens is 1. The van der Waals surface area contributed by atoms with E-state index in [0.717, 1.165) is 0 Å². The summed E-state index contributed by atoms with van der Waals surface area (Å²) in [5, 5.41) is 13.7. The Morgan fingerprint density at radius 3 is 2.82 bits per heavy atom. The molecule has 0 radical (unpaired) electrons. The lowest BCUT2D eigenvalue weighted by molar-refractivity contribution is -0.385. The standard InChI is InChI=1S/C14H10BrN3O4/c1-22-11-4-5-16-9(11)6-7-12-8(17-14(7)19)2-3-10(13(12)15)18(20)21/h2-6,16H,1H3,(H,17,19)/b7-6-. The largest absolute Gasteiger partial charge is 0.495 e. The van der Waals surface area contributed by atoms with Gasteiger partial charge in [0.2, 0.25) is 0 Å². The van der Waals surface area contributed by atoms with Crippen LogP contribution >= 0.6 is 15.9 Å². The fourth-order valence-corrected chi connectivity index (χ4v) is 3.02. The number of nitro groups is 1. The number of nitro benzene ring substituents is 1. The maximum Gasteiger partial charge on any atom is 0.284 e. The number of carbonyl (C=O) groups excluding carboxylic acids is 1. The molecule has 8 heteroatoms. The number of rotatable bonds is 3. The van der Waals surface area contributed by atoms with E-state index in [1.54, 1.807) is 18.3 Å². The van der Waals surface area contributed by atoms with E-state index in [-0.39, 0.29) is 16.1 Å². The highest BCUT2D eigenvalue weighted by molar-refractivity contribution is 9.10. The maximum atomic E-state index is 12.2. The first-order valence-electron chi connectivity index (χ1n) is 6.24. The predicted molar refractivity (Wildman–Crippen MR) is 84.6 cm³/mol. The molecule has 0 spiro atoms. The Bertz CT molecular complexity index is 825. The second-order valence-electron chi connectivity index (χ2n) is 4.55. The first-order chi connectivity index (χ1) is 10.5. The summed E-state index contributed by atoms with van der Waals surface area (Å²) >= 11 is 3.22. The van der Waals surface area contributed by atoms with Gasteiger partial charge in [0.25, 0.3) is 11.6 Å². The van der Waals surface area contributed by atoms with Crippen molar-refractivity contribution in [3.8, 4) is 5.75 Å². The molecular weight excluding hydrogens is 354 g/mol. The van der Waals surface area contributed by atoms with Crippen molar-refractivity contribution in [2.24, 2.45) is 0 Å². The molecule has 1 aliphatic rings. The average Bonchev–Trinajstić information content (AvgIpc) is 3.04. The maximum absolute atomic E-state index is 12.2. The third-order valence-corrected chi connectivity index (χ3v) is 4.13. The molecule has 1 aromatic heterocycles. The van der Waals surface area contributed by atoms with Crippen molar-refractivity contribution < 1.29 is 14.5 Å². The summed E-state index contributed by atoms with van der Waals surface area (Å²) in [6, 6.07) is 4.59. The molecule has 0 bridgehead atoms. The first kappa shape index (κ1) is 14.3. The number of aromatic amines is 1. The molecule has 0 saturated heterocycles. The summed E-state index contributed by atoms with van der Waals surface area (Å²) in [4.78, 5) is 25.7. The van der Waals surface area contributed by atoms with Crippen LogP contribution in [0, 0.1) is 10.1 Å². The molecule has 7 nitrogen and oxygen atoms in total.